The monoisotopic (exact) mass is 261 g/mol. The zero-order valence-corrected chi connectivity index (χ0v) is 12.3. The molecule has 0 saturated carbocycles. The number of nitrogen functional groups attached to an aromatic ring is 1. The number of piperidine rings is 1. The molecule has 1 aromatic carbocycles. The first-order valence-electron chi connectivity index (χ1n) is 7.76. The van der Waals surface area contributed by atoms with Crippen LogP contribution < -0.4 is 16.0 Å². The molecule has 1 aromatic rings. The number of nitrogens with zero attached hydrogens (tertiary/aromatic N) is 1. The molecule has 0 bridgehead atoms. The molecular formula is C16H27N3. The van der Waals surface area contributed by atoms with E-state index in [4.69, 9.17) is 5.73 Å². The fourth-order valence-electron chi connectivity index (χ4n) is 3.01. The molecule has 3 nitrogen and oxygen atoms in total. The minimum absolute atomic E-state index is 0.931. The Hall–Kier alpha value is -1.38. The second-order valence-corrected chi connectivity index (χ2v) is 5.12. The highest BCUT2D eigenvalue weighted by atomic mass is 15.2. The van der Waals surface area contributed by atoms with E-state index in [2.05, 4.69) is 22.3 Å². The second-order valence-electron chi connectivity index (χ2n) is 5.12. The Morgan fingerprint density at radius 1 is 1.05 bits per heavy atom. The van der Waals surface area contributed by atoms with E-state index < -0.39 is 0 Å². The van der Waals surface area contributed by atoms with Gasteiger partial charge in [0.2, 0.25) is 0 Å². The normalized spacial score (nSPS) is 17.9. The average Bonchev–Trinajstić information content (AvgIpc) is 2.50. The van der Waals surface area contributed by atoms with Crippen LogP contribution in [-0.2, 0) is 6.42 Å². The van der Waals surface area contributed by atoms with Gasteiger partial charge in [0, 0.05) is 19.6 Å². The van der Waals surface area contributed by atoms with Crippen molar-refractivity contribution in [2.45, 2.75) is 46.0 Å². The summed E-state index contributed by atoms with van der Waals surface area (Å²) in [4.78, 5) is 2.47. The van der Waals surface area contributed by atoms with Crippen molar-refractivity contribution in [3.8, 4) is 0 Å². The SMILES string of the molecule is CC.Nc1ccc2c(c1N1CCCCC1)NCCC2. The molecule has 0 radical (unpaired) electrons. The zero-order valence-electron chi connectivity index (χ0n) is 12.3. The lowest BCUT2D eigenvalue weighted by molar-refractivity contribution is 0.578. The molecule has 2 heterocycles. The Morgan fingerprint density at radius 2 is 1.79 bits per heavy atom. The van der Waals surface area contributed by atoms with Crippen LogP contribution in [0.1, 0.15) is 45.1 Å². The topological polar surface area (TPSA) is 41.3 Å². The first kappa shape index (κ1) is 14.0. The van der Waals surface area contributed by atoms with Crippen LogP contribution in [0, 0.1) is 0 Å². The molecule has 0 unspecified atom stereocenters. The highest BCUT2D eigenvalue weighted by Crippen LogP contribution is 2.38. The van der Waals surface area contributed by atoms with Crippen molar-refractivity contribution in [3.05, 3.63) is 17.7 Å². The molecule has 0 amide bonds. The predicted octanol–water partition coefficient (Wildman–Crippen LogP) is 3.64. The number of benzene rings is 1. The molecule has 3 rings (SSSR count). The highest BCUT2D eigenvalue weighted by molar-refractivity contribution is 5.85. The van der Waals surface area contributed by atoms with Gasteiger partial charge in [-0.05, 0) is 43.7 Å². The number of fused-ring (bicyclic) bond motifs is 1. The van der Waals surface area contributed by atoms with E-state index in [1.165, 1.54) is 49.0 Å². The van der Waals surface area contributed by atoms with Gasteiger partial charge in [0.05, 0.1) is 17.1 Å². The van der Waals surface area contributed by atoms with E-state index in [-0.39, 0.29) is 0 Å². The minimum atomic E-state index is 0.931. The second kappa shape index (κ2) is 6.69. The molecule has 2 aliphatic heterocycles. The van der Waals surface area contributed by atoms with Gasteiger partial charge in [0.1, 0.15) is 0 Å². The summed E-state index contributed by atoms with van der Waals surface area (Å²) >= 11 is 0. The van der Waals surface area contributed by atoms with E-state index in [0.717, 1.165) is 25.3 Å². The van der Waals surface area contributed by atoms with E-state index in [1.807, 2.05) is 13.8 Å². The summed E-state index contributed by atoms with van der Waals surface area (Å²) in [6, 6.07) is 4.26. The Morgan fingerprint density at radius 3 is 2.53 bits per heavy atom. The molecule has 0 aliphatic carbocycles. The maximum absolute atomic E-state index is 6.19. The number of rotatable bonds is 1. The minimum Gasteiger partial charge on any atom is -0.397 e. The van der Waals surface area contributed by atoms with Gasteiger partial charge in [-0.2, -0.15) is 0 Å². The van der Waals surface area contributed by atoms with Crippen LogP contribution in [0.2, 0.25) is 0 Å². The van der Waals surface area contributed by atoms with Crippen LogP contribution >= 0.6 is 0 Å². The third-order valence-corrected chi connectivity index (χ3v) is 3.89. The third-order valence-electron chi connectivity index (χ3n) is 3.89. The van der Waals surface area contributed by atoms with Crippen molar-refractivity contribution < 1.29 is 0 Å². The molecule has 19 heavy (non-hydrogen) atoms. The van der Waals surface area contributed by atoms with Gasteiger partial charge in [-0.15, -0.1) is 0 Å². The Labute approximate surface area is 117 Å². The van der Waals surface area contributed by atoms with Crippen LogP contribution in [0.5, 0.6) is 0 Å². The van der Waals surface area contributed by atoms with Crippen molar-refractivity contribution in [2.75, 3.05) is 35.6 Å². The van der Waals surface area contributed by atoms with Crippen LogP contribution in [0.15, 0.2) is 12.1 Å². The lowest BCUT2D eigenvalue weighted by atomic mass is 9.99. The number of hydrogen-bond donors (Lipinski definition) is 2. The summed E-state index contributed by atoms with van der Waals surface area (Å²) in [6.45, 7) is 7.39. The molecule has 0 spiro atoms. The maximum atomic E-state index is 6.19. The standard InChI is InChI=1S/C14H21N3.C2H6/c15-12-7-6-11-5-4-8-16-13(11)14(12)17-9-2-1-3-10-17;1-2/h6-7,16H,1-5,8-10,15H2;1-2H3. The predicted molar refractivity (Wildman–Crippen MR) is 85.1 cm³/mol. The van der Waals surface area contributed by atoms with Gasteiger partial charge in [0.15, 0.2) is 0 Å². The van der Waals surface area contributed by atoms with Crippen molar-refractivity contribution >= 4 is 17.1 Å². The summed E-state index contributed by atoms with van der Waals surface area (Å²) in [5.74, 6) is 0. The van der Waals surface area contributed by atoms with E-state index in [1.54, 1.807) is 0 Å². The lowest BCUT2D eigenvalue weighted by Gasteiger charge is -2.34. The number of nitrogens with two attached hydrogens (primary N) is 1. The first-order valence-corrected chi connectivity index (χ1v) is 7.76. The molecular weight excluding hydrogens is 234 g/mol. The van der Waals surface area contributed by atoms with E-state index in [9.17, 15) is 0 Å². The highest BCUT2D eigenvalue weighted by Gasteiger charge is 2.21. The van der Waals surface area contributed by atoms with Gasteiger partial charge in [0.25, 0.3) is 0 Å². The Bertz CT molecular complexity index is 409. The van der Waals surface area contributed by atoms with Gasteiger partial charge < -0.3 is 16.0 Å². The van der Waals surface area contributed by atoms with Crippen molar-refractivity contribution in [2.24, 2.45) is 0 Å². The fraction of sp³-hybridized carbons (Fsp3) is 0.625. The van der Waals surface area contributed by atoms with Gasteiger partial charge in [-0.25, -0.2) is 0 Å². The van der Waals surface area contributed by atoms with Crippen LogP contribution in [-0.4, -0.2) is 19.6 Å². The molecule has 2 aliphatic rings. The Kier molecular flexibility index (Phi) is 4.94. The summed E-state index contributed by atoms with van der Waals surface area (Å²) in [5.41, 5.74) is 11.1. The molecule has 1 saturated heterocycles. The van der Waals surface area contributed by atoms with E-state index >= 15 is 0 Å². The van der Waals surface area contributed by atoms with Gasteiger partial charge in [-0.3, -0.25) is 0 Å². The first-order chi connectivity index (χ1) is 9.36. The Balaban J connectivity index is 0.000000637. The van der Waals surface area contributed by atoms with Crippen molar-refractivity contribution in [1.29, 1.82) is 0 Å². The number of nitrogens with one attached hydrogen (secondary N) is 1. The summed E-state index contributed by atoms with van der Waals surface area (Å²) in [7, 11) is 0. The molecule has 3 N–H and O–H groups in total. The molecule has 0 aromatic heterocycles. The smallest absolute Gasteiger partial charge is 0.0838 e. The maximum Gasteiger partial charge on any atom is 0.0838 e. The van der Waals surface area contributed by atoms with Crippen LogP contribution in [0.25, 0.3) is 0 Å². The van der Waals surface area contributed by atoms with Gasteiger partial charge >= 0.3 is 0 Å². The van der Waals surface area contributed by atoms with Crippen molar-refractivity contribution in [1.82, 2.24) is 0 Å². The molecule has 0 atom stereocenters. The largest absolute Gasteiger partial charge is 0.397 e. The lowest BCUT2D eigenvalue weighted by Crippen LogP contribution is -2.31. The van der Waals surface area contributed by atoms with Gasteiger partial charge in [-0.1, -0.05) is 19.9 Å². The molecule has 1 fully saturated rings. The number of hydrogen-bond acceptors (Lipinski definition) is 3. The summed E-state index contributed by atoms with van der Waals surface area (Å²) < 4.78 is 0. The van der Waals surface area contributed by atoms with E-state index in [0.29, 0.717) is 0 Å². The van der Waals surface area contributed by atoms with Crippen LogP contribution in [0.3, 0.4) is 0 Å². The third kappa shape index (κ3) is 2.96. The molecule has 3 heteroatoms. The number of aryl methyl sites for hydroxylation is 1. The zero-order chi connectivity index (χ0) is 13.7. The average molecular weight is 261 g/mol. The quantitative estimate of drug-likeness (QED) is 0.758. The number of anilines is 3. The van der Waals surface area contributed by atoms with Crippen LogP contribution in [0.4, 0.5) is 17.1 Å². The fourth-order valence-corrected chi connectivity index (χ4v) is 3.01. The summed E-state index contributed by atoms with van der Waals surface area (Å²) in [6.07, 6.45) is 6.37. The molecule has 106 valence electrons. The summed E-state index contributed by atoms with van der Waals surface area (Å²) in [5, 5.41) is 3.55. The van der Waals surface area contributed by atoms with Crippen molar-refractivity contribution in [3.63, 3.8) is 0 Å².